The molecule has 2 aromatic rings. The smallest absolute Gasteiger partial charge is 0.240 e. The number of carbonyl (C=O) groups excluding carboxylic acids is 2. The summed E-state index contributed by atoms with van der Waals surface area (Å²) in [6.45, 7) is 6.06. The molecule has 25 heavy (non-hydrogen) atoms. The van der Waals surface area contributed by atoms with E-state index in [1.165, 1.54) is 17.4 Å². The molecule has 0 aromatic heterocycles. The molecule has 0 bridgehead atoms. The van der Waals surface area contributed by atoms with Gasteiger partial charge in [-0.3, -0.25) is 9.59 Å². The van der Waals surface area contributed by atoms with Crippen LogP contribution in [0.25, 0.3) is 0 Å². The number of benzene rings is 2. The van der Waals surface area contributed by atoms with Crippen LogP contribution in [0.3, 0.4) is 0 Å². The first-order valence-corrected chi connectivity index (χ1v) is 8.63. The van der Waals surface area contributed by atoms with E-state index in [1.54, 1.807) is 0 Å². The van der Waals surface area contributed by atoms with Crippen molar-refractivity contribution in [3.8, 4) is 0 Å². The van der Waals surface area contributed by atoms with Gasteiger partial charge < -0.3 is 10.2 Å². The van der Waals surface area contributed by atoms with Gasteiger partial charge in [-0.25, -0.2) is 0 Å². The average Bonchev–Trinajstić information content (AvgIpc) is 2.59. The Balaban J connectivity index is 1.88. The maximum atomic E-state index is 12.2. The number of amides is 2. The highest BCUT2D eigenvalue weighted by Gasteiger charge is 2.17. The van der Waals surface area contributed by atoms with E-state index in [9.17, 15) is 9.59 Å². The molecule has 0 aliphatic carbocycles. The zero-order valence-electron chi connectivity index (χ0n) is 15.2. The monoisotopic (exact) mass is 338 g/mol. The van der Waals surface area contributed by atoms with E-state index in [1.807, 2.05) is 50.2 Å². The maximum absolute atomic E-state index is 12.2. The molecule has 132 valence electrons. The van der Waals surface area contributed by atoms with Gasteiger partial charge in [0.2, 0.25) is 11.8 Å². The summed E-state index contributed by atoms with van der Waals surface area (Å²) in [7, 11) is 0. The third-order valence-electron chi connectivity index (χ3n) is 4.14. The highest BCUT2D eigenvalue weighted by atomic mass is 16.2. The van der Waals surface area contributed by atoms with Gasteiger partial charge in [0.1, 0.15) is 6.54 Å². The average molecular weight is 338 g/mol. The van der Waals surface area contributed by atoms with Gasteiger partial charge in [-0.1, -0.05) is 42.5 Å². The minimum atomic E-state index is -0.135. The van der Waals surface area contributed by atoms with Crippen LogP contribution in [-0.4, -0.2) is 24.9 Å². The summed E-state index contributed by atoms with van der Waals surface area (Å²) in [6.07, 6.45) is 1.80. The third kappa shape index (κ3) is 5.75. The van der Waals surface area contributed by atoms with Crippen LogP contribution in [0.15, 0.2) is 48.5 Å². The Kier molecular flexibility index (Phi) is 6.75. The molecule has 0 aliphatic heterocycles. The highest BCUT2D eigenvalue weighted by molar-refractivity contribution is 5.98. The van der Waals surface area contributed by atoms with Gasteiger partial charge in [0.15, 0.2) is 0 Å². The van der Waals surface area contributed by atoms with Crippen molar-refractivity contribution >= 4 is 17.5 Å². The van der Waals surface area contributed by atoms with Gasteiger partial charge in [0.05, 0.1) is 0 Å². The van der Waals surface area contributed by atoms with E-state index in [-0.39, 0.29) is 18.4 Å². The van der Waals surface area contributed by atoms with Crippen LogP contribution in [0, 0.1) is 13.8 Å². The van der Waals surface area contributed by atoms with Crippen molar-refractivity contribution in [1.82, 2.24) is 5.32 Å². The lowest BCUT2D eigenvalue weighted by Crippen LogP contribution is -2.40. The van der Waals surface area contributed by atoms with Crippen molar-refractivity contribution in [3.63, 3.8) is 0 Å². The molecule has 0 unspecified atom stereocenters. The van der Waals surface area contributed by atoms with Gasteiger partial charge in [0.25, 0.3) is 0 Å². The molecule has 0 saturated carbocycles. The Morgan fingerprint density at radius 2 is 1.76 bits per heavy atom. The molecule has 0 spiro atoms. The van der Waals surface area contributed by atoms with Crippen LogP contribution in [-0.2, 0) is 16.0 Å². The quantitative estimate of drug-likeness (QED) is 0.787. The SMILES string of the molecule is CC(=O)N(CC(=O)NCCCc1ccccc1)c1cc(C)ccc1C. The maximum Gasteiger partial charge on any atom is 0.240 e. The second kappa shape index (κ2) is 9.02. The molecule has 0 fully saturated rings. The number of carbonyl (C=O) groups is 2. The zero-order valence-corrected chi connectivity index (χ0v) is 15.2. The van der Waals surface area contributed by atoms with Crippen LogP contribution in [0.2, 0.25) is 0 Å². The Morgan fingerprint density at radius 1 is 1.04 bits per heavy atom. The van der Waals surface area contributed by atoms with Gasteiger partial charge in [0, 0.05) is 19.2 Å². The number of nitrogens with zero attached hydrogens (tertiary/aromatic N) is 1. The fraction of sp³-hybridized carbons (Fsp3) is 0.333. The largest absolute Gasteiger partial charge is 0.355 e. The van der Waals surface area contributed by atoms with Crippen LogP contribution in [0.5, 0.6) is 0 Å². The van der Waals surface area contributed by atoms with Crippen molar-refractivity contribution in [3.05, 3.63) is 65.2 Å². The summed E-state index contributed by atoms with van der Waals surface area (Å²) in [5.41, 5.74) is 4.11. The molecule has 0 saturated heterocycles. The fourth-order valence-electron chi connectivity index (χ4n) is 2.74. The van der Waals surface area contributed by atoms with E-state index >= 15 is 0 Å². The van der Waals surface area contributed by atoms with Crippen LogP contribution in [0.4, 0.5) is 5.69 Å². The van der Waals surface area contributed by atoms with E-state index in [0.717, 1.165) is 29.7 Å². The summed E-state index contributed by atoms with van der Waals surface area (Å²) < 4.78 is 0. The van der Waals surface area contributed by atoms with Gasteiger partial charge >= 0.3 is 0 Å². The lowest BCUT2D eigenvalue weighted by atomic mass is 10.1. The first-order valence-electron chi connectivity index (χ1n) is 8.63. The van der Waals surface area contributed by atoms with Crippen LogP contribution < -0.4 is 10.2 Å². The van der Waals surface area contributed by atoms with Gasteiger partial charge in [-0.05, 0) is 49.4 Å². The second-order valence-corrected chi connectivity index (χ2v) is 6.33. The first-order chi connectivity index (χ1) is 12.0. The molecular weight excluding hydrogens is 312 g/mol. The minimum Gasteiger partial charge on any atom is -0.355 e. The van der Waals surface area contributed by atoms with Crippen molar-refractivity contribution in [2.24, 2.45) is 0 Å². The predicted octanol–water partition coefficient (Wildman–Crippen LogP) is 3.41. The van der Waals surface area contributed by atoms with Crippen LogP contribution in [0.1, 0.15) is 30.0 Å². The molecule has 4 heteroatoms. The lowest BCUT2D eigenvalue weighted by Gasteiger charge is -2.23. The molecule has 1 N–H and O–H groups in total. The predicted molar refractivity (Wildman–Crippen MR) is 102 cm³/mol. The molecule has 0 heterocycles. The number of aryl methyl sites for hydroxylation is 3. The topological polar surface area (TPSA) is 49.4 Å². The van der Waals surface area contributed by atoms with Crippen molar-refractivity contribution in [1.29, 1.82) is 0 Å². The summed E-state index contributed by atoms with van der Waals surface area (Å²) in [5.74, 6) is -0.266. The van der Waals surface area contributed by atoms with Crippen molar-refractivity contribution in [2.45, 2.75) is 33.6 Å². The van der Waals surface area contributed by atoms with Gasteiger partial charge in [-0.15, -0.1) is 0 Å². The number of anilines is 1. The molecule has 2 amide bonds. The lowest BCUT2D eigenvalue weighted by molar-refractivity contribution is -0.123. The van der Waals surface area contributed by atoms with E-state index in [2.05, 4.69) is 17.4 Å². The Morgan fingerprint density at radius 3 is 2.44 bits per heavy atom. The third-order valence-corrected chi connectivity index (χ3v) is 4.14. The van der Waals surface area contributed by atoms with Crippen LogP contribution >= 0.6 is 0 Å². The summed E-state index contributed by atoms with van der Waals surface area (Å²) in [5, 5.41) is 2.91. The van der Waals surface area contributed by atoms with Crippen molar-refractivity contribution < 1.29 is 9.59 Å². The van der Waals surface area contributed by atoms with E-state index < -0.39 is 0 Å². The Hall–Kier alpha value is -2.62. The molecule has 2 aromatic carbocycles. The summed E-state index contributed by atoms with van der Waals surface area (Å²) in [4.78, 5) is 25.8. The summed E-state index contributed by atoms with van der Waals surface area (Å²) >= 11 is 0. The highest BCUT2D eigenvalue weighted by Crippen LogP contribution is 2.21. The van der Waals surface area contributed by atoms with E-state index in [0.29, 0.717) is 6.54 Å². The molecule has 0 aliphatic rings. The van der Waals surface area contributed by atoms with Crippen molar-refractivity contribution in [2.75, 3.05) is 18.0 Å². The summed E-state index contributed by atoms with van der Waals surface area (Å²) in [6, 6.07) is 16.1. The molecule has 0 radical (unpaired) electrons. The van der Waals surface area contributed by atoms with Gasteiger partial charge in [-0.2, -0.15) is 0 Å². The first kappa shape index (κ1) is 18.7. The molecule has 4 nitrogen and oxygen atoms in total. The standard InChI is InChI=1S/C21H26N2O2/c1-16-11-12-17(2)20(14-16)23(18(3)24)15-21(25)22-13-7-10-19-8-5-4-6-9-19/h4-6,8-9,11-12,14H,7,10,13,15H2,1-3H3,(H,22,25). The number of hydrogen-bond acceptors (Lipinski definition) is 2. The normalized spacial score (nSPS) is 10.4. The molecule has 2 rings (SSSR count). The second-order valence-electron chi connectivity index (χ2n) is 6.33. The fourth-order valence-corrected chi connectivity index (χ4v) is 2.74. The molecule has 0 atom stereocenters. The Bertz CT molecular complexity index is 726. The minimum absolute atomic E-state index is 0.0466. The molecular formula is C21H26N2O2. The Labute approximate surface area is 149 Å². The number of nitrogens with one attached hydrogen (secondary N) is 1. The number of hydrogen-bond donors (Lipinski definition) is 1. The van der Waals surface area contributed by atoms with E-state index in [4.69, 9.17) is 0 Å². The number of rotatable bonds is 7. The zero-order chi connectivity index (χ0) is 18.2.